The quantitative estimate of drug-likeness (QED) is 0.0314. The van der Waals surface area contributed by atoms with Gasteiger partial charge in [0.2, 0.25) is 94.5 Å². The van der Waals surface area contributed by atoms with Gasteiger partial charge in [-0.05, 0) is 255 Å². The molecule has 15 atom stereocenters. The number of carboxylic acids is 1. The number of nitrogens with two attached hydrogens (primary N) is 8. The van der Waals surface area contributed by atoms with Crippen LogP contribution in [0.3, 0.4) is 0 Å². The van der Waals surface area contributed by atoms with E-state index in [1.165, 1.54) is 6.92 Å². The largest absolute Gasteiger partial charge is 0.480 e. The summed E-state index contributed by atoms with van der Waals surface area (Å²) in [6.07, 6.45) is 4.60. The number of amides is 16. The van der Waals surface area contributed by atoms with Crippen molar-refractivity contribution in [2.45, 2.75) is 368 Å². The van der Waals surface area contributed by atoms with E-state index in [-0.39, 0.29) is 164 Å². The van der Waals surface area contributed by atoms with Gasteiger partial charge in [0.15, 0.2) is 0 Å². The first kappa shape index (κ1) is 120. The highest BCUT2D eigenvalue weighted by atomic mass is 16.4. The highest BCUT2D eigenvalue weighted by Crippen LogP contribution is 2.19. The van der Waals surface area contributed by atoms with Crippen molar-refractivity contribution < 1.29 is 86.6 Å². The molecule has 0 saturated carbocycles. The van der Waals surface area contributed by atoms with E-state index >= 15 is 0 Å². The summed E-state index contributed by atoms with van der Waals surface area (Å²) in [6.45, 7) is 27.5. The van der Waals surface area contributed by atoms with Crippen LogP contribution in [0.15, 0.2) is 0 Å². The van der Waals surface area contributed by atoms with Crippen molar-refractivity contribution in [1.82, 2.24) is 79.8 Å². The van der Waals surface area contributed by atoms with Crippen LogP contribution >= 0.6 is 0 Å². The second-order valence-electron chi connectivity index (χ2n) is 36.9. The van der Waals surface area contributed by atoms with E-state index in [4.69, 9.17) is 51.0 Å². The smallest absolute Gasteiger partial charge is 0.322 e. The summed E-state index contributed by atoms with van der Waals surface area (Å²) in [5.41, 5.74) is 47.1. The maximum Gasteiger partial charge on any atom is 0.322 e. The molecule has 0 aromatic heterocycles. The van der Waals surface area contributed by atoms with E-state index in [2.05, 4.69) is 79.8 Å². The molecular formula is C88H167N23O18. The van der Waals surface area contributed by atoms with E-state index < -0.39 is 210 Å². The molecule has 41 heteroatoms. The van der Waals surface area contributed by atoms with Gasteiger partial charge in [-0.3, -0.25) is 81.5 Å². The van der Waals surface area contributed by atoms with Crippen molar-refractivity contribution >= 4 is 100 Å². The lowest BCUT2D eigenvalue weighted by Gasteiger charge is -2.30. The molecule has 129 heavy (non-hydrogen) atoms. The molecule has 0 heterocycles. The Bertz CT molecular complexity index is 3440. The van der Waals surface area contributed by atoms with E-state index in [0.717, 1.165) is 0 Å². The summed E-state index contributed by atoms with van der Waals surface area (Å²) >= 11 is 0. The number of carbonyl (C=O) groups is 17. The van der Waals surface area contributed by atoms with Crippen LogP contribution in [0.1, 0.15) is 277 Å². The van der Waals surface area contributed by atoms with Crippen molar-refractivity contribution in [2.75, 3.05) is 45.8 Å². The number of hydrogen-bond acceptors (Lipinski definition) is 24. The lowest BCUT2D eigenvalue weighted by atomic mass is 9.98. The van der Waals surface area contributed by atoms with E-state index in [9.17, 15) is 81.5 Å². The van der Waals surface area contributed by atoms with Crippen LogP contribution in [0.2, 0.25) is 0 Å². The van der Waals surface area contributed by atoms with Gasteiger partial charge < -0.3 is 131 Å². The van der Waals surface area contributed by atoms with E-state index in [0.29, 0.717) is 77.2 Å². The average Bonchev–Trinajstić information content (AvgIpc) is 0.857. The number of unbranched alkanes of at least 4 members (excludes halogenated alkanes) is 6. The number of carboxylic acid groups (broad SMARTS) is 1. The van der Waals surface area contributed by atoms with Crippen molar-refractivity contribution in [3.05, 3.63) is 0 Å². The molecule has 0 radical (unpaired) electrons. The molecule has 0 fully saturated rings. The SMILES string of the molecule is CC(C)C[C@H](NC(=O)[C@H](CCCCN)NC(=O)[C@H](CC(C)C)NC(=O)[C@H](CC(C)C)NC(=O)[C@H](CCCCN)NC(=O)[C@H](CCCCN)NC(=O)[C@H](CCC(N)=O)NC(=O)[C@H](CC(C)C)NC(=O)[C@H](CCCCN)NC(=O)[C@H](CC(C)C)NC(=O)[C@H](CC(C)C)NC(=O)[C@H](CCCCN)NC(=O)[C@H](CCCCN)NC(=O)[C@@H](N)CC(C)C)C(=O)N[C@@H](C)C(=O)NCC(=O)O. The van der Waals surface area contributed by atoms with Crippen LogP contribution < -0.4 is 126 Å². The Morgan fingerprint density at radius 1 is 0.225 bits per heavy atom. The molecular weight excluding hydrogens is 1670 g/mol. The van der Waals surface area contributed by atoms with Crippen molar-refractivity contribution in [1.29, 1.82) is 0 Å². The maximum atomic E-state index is 14.9. The van der Waals surface area contributed by atoms with Crippen LogP contribution in [-0.2, 0) is 81.5 Å². The summed E-state index contributed by atoms with van der Waals surface area (Å²) < 4.78 is 0. The number of nitrogens with one attached hydrogen (secondary N) is 15. The van der Waals surface area contributed by atoms with Gasteiger partial charge in [-0.15, -0.1) is 0 Å². The lowest BCUT2D eigenvalue weighted by molar-refractivity contribution is -0.138. The Morgan fingerprint density at radius 3 is 0.574 bits per heavy atom. The van der Waals surface area contributed by atoms with Gasteiger partial charge in [0.25, 0.3) is 0 Å². The van der Waals surface area contributed by atoms with E-state index in [1.54, 1.807) is 55.4 Å². The molecule has 0 bridgehead atoms. The summed E-state index contributed by atoms with van der Waals surface area (Å²) in [4.78, 5) is 239. The zero-order valence-corrected chi connectivity index (χ0v) is 79.7. The fourth-order valence-corrected chi connectivity index (χ4v) is 14.2. The minimum absolute atomic E-state index is 0.0126. The third kappa shape index (κ3) is 53.0. The Labute approximate surface area is 764 Å². The lowest BCUT2D eigenvalue weighted by Crippen LogP contribution is -2.61. The Hall–Kier alpha value is -9.29. The second kappa shape index (κ2) is 67.0. The van der Waals surface area contributed by atoms with Gasteiger partial charge in [0, 0.05) is 6.42 Å². The van der Waals surface area contributed by atoms with Gasteiger partial charge in [0.05, 0.1) is 6.04 Å². The molecule has 0 aliphatic carbocycles. The molecule has 41 nitrogen and oxygen atoms in total. The third-order valence-corrected chi connectivity index (χ3v) is 21.1. The summed E-state index contributed by atoms with van der Waals surface area (Å²) in [6, 6.07) is -19.3. The molecule has 0 unspecified atom stereocenters. The topological polar surface area (TPSA) is 699 Å². The Morgan fingerprint density at radius 2 is 0.395 bits per heavy atom. The molecule has 0 aromatic rings. The molecule has 0 aromatic carbocycles. The molecule has 742 valence electrons. The van der Waals surface area contributed by atoms with Crippen LogP contribution in [0.5, 0.6) is 0 Å². The molecule has 32 N–H and O–H groups in total. The molecule has 0 aliphatic heterocycles. The first-order valence-electron chi connectivity index (χ1n) is 46.7. The zero-order valence-electron chi connectivity index (χ0n) is 79.7. The van der Waals surface area contributed by atoms with Crippen molar-refractivity contribution in [3.8, 4) is 0 Å². The summed E-state index contributed by atoms with van der Waals surface area (Å²) in [5, 5.41) is 49.6. The van der Waals surface area contributed by atoms with Crippen LogP contribution in [0.4, 0.5) is 0 Å². The first-order valence-corrected chi connectivity index (χ1v) is 46.7. The van der Waals surface area contributed by atoms with Crippen LogP contribution in [0, 0.1) is 41.4 Å². The Balaban J connectivity index is 7.49. The molecule has 0 saturated heterocycles. The van der Waals surface area contributed by atoms with Crippen molar-refractivity contribution in [3.63, 3.8) is 0 Å². The molecule has 16 amide bonds. The minimum atomic E-state index is -1.61. The van der Waals surface area contributed by atoms with E-state index in [1.807, 2.05) is 41.5 Å². The van der Waals surface area contributed by atoms with Gasteiger partial charge in [-0.2, -0.15) is 0 Å². The summed E-state index contributed by atoms with van der Waals surface area (Å²) in [5.74, 6) is -15.3. The Kier molecular flexibility index (Phi) is 62.2. The normalized spacial score (nSPS) is 15.0. The number of hydrogen-bond donors (Lipinski definition) is 24. The predicted molar refractivity (Wildman–Crippen MR) is 493 cm³/mol. The molecule has 0 aliphatic rings. The minimum Gasteiger partial charge on any atom is -0.480 e. The number of rotatable bonds is 72. The maximum absolute atomic E-state index is 14.9. The summed E-state index contributed by atoms with van der Waals surface area (Å²) in [7, 11) is 0. The standard InChI is InChI=1S/C88H167N23O18/c1-50(2)42-58(95)75(116)99-59(28-16-22-36-89)76(117)100-61(30-18-24-38-91)78(119)108-70(47-55(11)12)87(128)111-69(46-54(9)10)85(126)104-64(33-21-27-41-94)81(122)107-67(44-52(5)6)86(127)105-65(34-35-72(96)112)82(123)102-60(29-17-23-37-90)77(118)101-62(31-19-25-39-92)79(120)109-71(48-56(13)14)88(129)110-68(45-53(7)8)84(125)103-63(32-20-26-40-93)80(121)106-66(43-51(3)4)83(124)98-57(15)74(115)97-49-73(113)114/h50-71H,16-49,89-95H2,1-15H3,(H2,96,112)(H,97,115)(H,98,124)(H,99,116)(H,100,117)(H,101,118)(H,102,123)(H,103,125)(H,104,126)(H,105,127)(H,106,121)(H,107,122)(H,108,119)(H,109,120)(H,110,129)(H,111,128)(H,113,114)/t57-,58-,59-,60-,61-,62-,63-,64-,65-,66-,67-,68-,69-,70-,71-/m0/s1. The number of primary amides is 1. The third-order valence-electron chi connectivity index (χ3n) is 21.1. The van der Waals surface area contributed by atoms with Crippen LogP contribution in [-0.4, -0.2) is 242 Å². The van der Waals surface area contributed by atoms with Gasteiger partial charge >= 0.3 is 5.97 Å². The first-order chi connectivity index (χ1) is 60.7. The fourth-order valence-electron chi connectivity index (χ4n) is 14.2. The number of aliphatic carboxylic acids is 1. The van der Waals surface area contributed by atoms with Gasteiger partial charge in [-0.25, -0.2) is 0 Å². The monoisotopic (exact) mass is 1830 g/mol. The number of carbonyl (C=O) groups excluding carboxylic acids is 16. The fraction of sp³-hybridized carbons (Fsp3) is 0.807. The highest BCUT2D eigenvalue weighted by molar-refractivity contribution is 6.01. The van der Waals surface area contributed by atoms with Gasteiger partial charge in [0.1, 0.15) is 91.1 Å². The van der Waals surface area contributed by atoms with Crippen LogP contribution in [0.25, 0.3) is 0 Å². The zero-order chi connectivity index (χ0) is 98.2. The van der Waals surface area contributed by atoms with Gasteiger partial charge in [-0.1, -0.05) is 96.9 Å². The molecule has 0 spiro atoms. The average molecular weight is 1840 g/mol. The molecule has 0 rings (SSSR count). The highest BCUT2D eigenvalue weighted by Gasteiger charge is 2.40. The predicted octanol–water partition coefficient (Wildman–Crippen LogP) is -1.32. The van der Waals surface area contributed by atoms with Crippen molar-refractivity contribution in [2.24, 2.45) is 87.3 Å². The second-order valence-corrected chi connectivity index (χ2v) is 36.9.